The number of aryl methyl sites for hydroxylation is 1. The van der Waals surface area contributed by atoms with E-state index in [2.05, 4.69) is 10.1 Å². The smallest absolute Gasteiger partial charge is 0.158 e. The number of ether oxygens (including phenoxy) is 1. The van der Waals surface area contributed by atoms with Crippen LogP contribution in [0.3, 0.4) is 0 Å². The molecule has 5 heteroatoms. The monoisotopic (exact) mass is 218 g/mol. The Morgan fingerprint density at radius 1 is 1.44 bits per heavy atom. The van der Waals surface area contributed by atoms with Gasteiger partial charge in [0, 0.05) is 12.1 Å². The van der Waals surface area contributed by atoms with Gasteiger partial charge in [-0.15, -0.1) is 0 Å². The predicted octanol–water partition coefficient (Wildman–Crippen LogP) is 1.56. The second kappa shape index (κ2) is 4.22. The van der Waals surface area contributed by atoms with E-state index in [1.807, 2.05) is 29.8 Å². The fourth-order valence-electron chi connectivity index (χ4n) is 1.59. The highest BCUT2D eigenvalue weighted by atomic mass is 16.5. The topological polar surface area (TPSA) is 66.0 Å². The lowest BCUT2D eigenvalue weighted by Crippen LogP contribution is -2.00. The zero-order chi connectivity index (χ0) is 11.5. The predicted molar refractivity (Wildman–Crippen MR) is 62.1 cm³/mol. The van der Waals surface area contributed by atoms with Gasteiger partial charge in [0.25, 0.3) is 0 Å². The van der Waals surface area contributed by atoms with Crippen molar-refractivity contribution in [1.29, 1.82) is 0 Å². The minimum absolute atomic E-state index is 0.602. The number of benzene rings is 1. The molecule has 0 bridgehead atoms. The molecule has 0 unspecified atom stereocenters. The maximum absolute atomic E-state index is 5.85. The summed E-state index contributed by atoms with van der Waals surface area (Å²) in [6.07, 6.45) is 1.54. The first kappa shape index (κ1) is 10.5. The Morgan fingerprint density at radius 2 is 2.25 bits per heavy atom. The van der Waals surface area contributed by atoms with Gasteiger partial charge in [-0.25, -0.2) is 9.67 Å². The second-order valence-corrected chi connectivity index (χ2v) is 3.36. The van der Waals surface area contributed by atoms with Gasteiger partial charge >= 0.3 is 0 Å². The van der Waals surface area contributed by atoms with Crippen molar-refractivity contribution < 1.29 is 4.74 Å². The molecule has 1 aromatic carbocycles. The number of nitrogens with two attached hydrogens (primary N) is 1. The highest BCUT2D eigenvalue weighted by Gasteiger charge is 2.08. The van der Waals surface area contributed by atoms with Gasteiger partial charge < -0.3 is 10.5 Å². The van der Waals surface area contributed by atoms with Crippen molar-refractivity contribution in [1.82, 2.24) is 14.8 Å². The normalized spacial score (nSPS) is 10.4. The molecule has 0 aliphatic carbocycles. The summed E-state index contributed by atoms with van der Waals surface area (Å²) in [5.74, 6) is 1.49. The molecule has 0 spiro atoms. The SMILES string of the molecule is CCn1ncnc1-c1ccc(OC)c(N)c1. The Labute approximate surface area is 93.9 Å². The van der Waals surface area contributed by atoms with E-state index in [-0.39, 0.29) is 0 Å². The molecular formula is C11H14N4O. The lowest BCUT2D eigenvalue weighted by molar-refractivity contribution is 0.417. The van der Waals surface area contributed by atoms with Crippen LogP contribution < -0.4 is 10.5 Å². The van der Waals surface area contributed by atoms with E-state index in [0.29, 0.717) is 11.4 Å². The van der Waals surface area contributed by atoms with E-state index < -0.39 is 0 Å². The average Bonchev–Trinajstić information content (AvgIpc) is 2.77. The van der Waals surface area contributed by atoms with Crippen LogP contribution in [0.15, 0.2) is 24.5 Å². The molecule has 0 saturated heterocycles. The summed E-state index contributed by atoms with van der Waals surface area (Å²) in [5.41, 5.74) is 7.39. The molecule has 5 nitrogen and oxygen atoms in total. The van der Waals surface area contributed by atoms with Crippen LogP contribution in [0.2, 0.25) is 0 Å². The van der Waals surface area contributed by atoms with Crippen molar-refractivity contribution in [2.45, 2.75) is 13.5 Å². The van der Waals surface area contributed by atoms with Crippen LogP contribution in [0, 0.1) is 0 Å². The summed E-state index contributed by atoms with van der Waals surface area (Å²) in [4.78, 5) is 4.21. The second-order valence-electron chi connectivity index (χ2n) is 3.36. The molecule has 0 radical (unpaired) electrons. The van der Waals surface area contributed by atoms with Crippen LogP contribution in [-0.2, 0) is 6.54 Å². The van der Waals surface area contributed by atoms with Crippen molar-refractivity contribution in [3.63, 3.8) is 0 Å². The molecule has 2 rings (SSSR count). The van der Waals surface area contributed by atoms with Crippen molar-refractivity contribution >= 4 is 5.69 Å². The Bertz CT molecular complexity index is 492. The minimum Gasteiger partial charge on any atom is -0.495 e. The Hall–Kier alpha value is -2.04. The molecular weight excluding hydrogens is 204 g/mol. The van der Waals surface area contributed by atoms with Gasteiger partial charge in [0.1, 0.15) is 12.1 Å². The summed E-state index contributed by atoms with van der Waals surface area (Å²) in [5, 5.41) is 4.12. The van der Waals surface area contributed by atoms with Gasteiger partial charge in [0.05, 0.1) is 12.8 Å². The van der Waals surface area contributed by atoms with Gasteiger partial charge in [-0.1, -0.05) is 0 Å². The number of rotatable bonds is 3. The van der Waals surface area contributed by atoms with Gasteiger partial charge in [-0.05, 0) is 25.1 Å². The Kier molecular flexibility index (Phi) is 2.76. The summed E-state index contributed by atoms with van der Waals surface area (Å²) < 4.78 is 6.93. The summed E-state index contributed by atoms with van der Waals surface area (Å²) in [6.45, 7) is 2.80. The highest BCUT2D eigenvalue weighted by molar-refractivity contribution is 5.66. The largest absolute Gasteiger partial charge is 0.495 e. The number of methoxy groups -OCH3 is 1. The average molecular weight is 218 g/mol. The third-order valence-corrected chi connectivity index (χ3v) is 2.40. The van der Waals surface area contributed by atoms with Crippen LogP contribution in [0.25, 0.3) is 11.4 Å². The molecule has 0 saturated carbocycles. The van der Waals surface area contributed by atoms with Crippen molar-refractivity contribution in [3.8, 4) is 17.1 Å². The van der Waals surface area contributed by atoms with Crippen molar-refractivity contribution in [2.75, 3.05) is 12.8 Å². The maximum atomic E-state index is 5.85. The highest BCUT2D eigenvalue weighted by Crippen LogP contribution is 2.26. The van der Waals surface area contributed by atoms with E-state index in [4.69, 9.17) is 10.5 Å². The van der Waals surface area contributed by atoms with E-state index in [9.17, 15) is 0 Å². The molecule has 84 valence electrons. The maximum Gasteiger partial charge on any atom is 0.158 e. The van der Waals surface area contributed by atoms with E-state index in [1.165, 1.54) is 0 Å². The summed E-state index contributed by atoms with van der Waals surface area (Å²) in [7, 11) is 1.60. The zero-order valence-electron chi connectivity index (χ0n) is 9.34. The quantitative estimate of drug-likeness (QED) is 0.794. The fraction of sp³-hybridized carbons (Fsp3) is 0.273. The molecule has 2 N–H and O–H groups in total. The van der Waals surface area contributed by atoms with Gasteiger partial charge in [-0.3, -0.25) is 0 Å². The molecule has 0 aliphatic heterocycles. The number of nitrogen functional groups attached to an aromatic ring is 1. The molecule has 1 heterocycles. The van der Waals surface area contributed by atoms with E-state index in [1.54, 1.807) is 13.4 Å². The minimum atomic E-state index is 0.602. The molecule has 0 aliphatic rings. The zero-order valence-corrected chi connectivity index (χ0v) is 9.34. The number of nitrogens with zero attached hydrogens (tertiary/aromatic N) is 3. The third-order valence-electron chi connectivity index (χ3n) is 2.40. The van der Waals surface area contributed by atoms with Gasteiger partial charge in [0.15, 0.2) is 5.82 Å². The fourth-order valence-corrected chi connectivity index (χ4v) is 1.59. The summed E-state index contributed by atoms with van der Waals surface area (Å²) in [6, 6.07) is 5.60. The van der Waals surface area contributed by atoms with Crippen LogP contribution in [0.4, 0.5) is 5.69 Å². The summed E-state index contributed by atoms with van der Waals surface area (Å²) >= 11 is 0. The van der Waals surface area contributed by atoms with E-state index >= 15 is 0 Å². The first-order chi connectivity index (χ1) is 7.76. The van der Waals surface area contributed by atoms with Crippen LogP contribution in [0.1, 0.15) is 6.92 Å². The molecule has 0 fully saturated rings. The molecule has 2 aromatic rings. The number of anilines is 1. The standard InChI is InChI=1S/C11H14N4O/c1-3-15-11(13-7-14-15)8-4-5-10(16-2)9(12)6-8/h4-7H,3,12H2,1-2H3. The van der Waals surface area contributed by atoms with Gasteiger partial charge in [0.2, 0.25) is 0 Å². The van der Waals surface area contributed by atoms with Crippen LogP contribution in [0.5, 0.6) is 5.75 Å². The van der Waals surface area contributed by atoms with Gasteiger partial charge in [-0.2, -0.15) is 5.10 Å². The number of hydrogen-bond acceptors (Lipinski definition) is 4. The number of aromatic nitrogens is 3. The first-order valence-corrected chi connectivity index (χ1v) is 5.08. The molecule has 0 amide bonds. The molecule has 1 aromatic heterocycles. The molecule has 0 atom stereocenters. The van der Waals surface area contributed by atoms with Crippen molar-refractivity contribution in [2.24, 2.45) is 0 Å². The Morgan fingerprint density at radius 3 is 2.88 bits per heavy atom. The molecule has 16 heavy (non-hydrogen) atoms. The lowest BCUT2D eigenvalue weighted by Gasteiger charge is -2.07. The van der Waals surface area contributed by atoms with E-state index in [0.717, 1.165) is 17.9 Å². The number of hydrogen-bond donors (Lipinski definition) is 1. The first-order valence-electron chi connectivity index (χ1n) is 5.08. The van der Waals surface area contributed by atoms with Crippen LogP contribution in [-0.4, -0.2) is 21.9 Å². The van der Waals surface area contributed by atoms with Crippen molar-refractivity contribution in [3.05, 3.63) is 24.5 Å². The van der Waals surface area contributed by atoms with Crippen LogP contribution >= 0.6 is 0 Å². The third kappa shape index (κ3) is 1.71. The lowest BCUT2D eigenvalue weighted by atomic mass is 10.2. The Balaban J connectivity index is 2.45.